The fraction of sp³-hybridized carbons (Fsp3) is 0.333. The molecule has 0 aromatic heterocycles. The Morgan fingerprint density at radius 1 is 1.22 bits per heavy atom. The Labute approximate surface area is 136 Å². The number of hydrogen-bond donors (Lipinski definition) is 1. The second-order valence-corrected chi connectivity index (χ2v) is 5.40. The molecule has 0 bridgehead atoms. The Morgan fingerprint density at radius 2 is 1.91 bits per heavy atom. The van der Waals surface area contributed by atoms with Gasteiger partial charge in [0.05, 0.1) is 12.7 Å². The Hall–Kier alpha value is -2.56. The van der Waals surface area contributed by atoms with Crippen LogP contribution in [0.3, 0.4) is 0 Å². The number of allylic oxidation sites excluding steroid dienone is 3. The van der Waals surface area contributed by atoms with Crippen LogP contribution in [0.1, 0.15) is 37.6 Å². The van der Waals surface area contributed by atoms with Crippen LogP contribution in [0.5, 0.6) is 11.5 Å². The van der Waals surface area contributed by atoms with Crippen molar-refractivity contribution in [3.8, 4) is 11.5 Å². The summed E-state index contributed by atoms with van der Waals surface area (Å²) in [5, 5.41) is 9.49. The van der Waals surface area contributed by atoms with Crippen molar-refractivity contribution in [2.24, 2.45) is 0 Å². The average Bonchev–Trinajstić information content (AvgIpc) is 2.46. The molecule has 23 heavy (non-hydrogen) atoms. The lowest BCUT2D eigenvalue weighted by molar-refractivity contribution is -0.114. The first-order valence-electron chi connectivity index (χ1n) is 7.21. The van der Waals surface area contributed by atoms with E-state index in [0.29, 0.717) is 6.42 Å². The number of esters is 1. The van der Waals surface area contributed by atoms with E-state index >= 15 is 0 Å². The number of benzene rings is 1. The molecule has 0 heterocycles. The molecule has 0 fully saturated rings. The molecule has 0 atom stereocenters. The van der Waals surface area contributed by atoms with Gasteiger partial charge in [0.2, 0.25) is 0 Å². The molecule has 0 aliphatic carbocycles. The van der Waals surface area contributed by atoms with E-state index in [0.717, 1.165) is 11.1 Å². The zero-order valence-corrected chi connectivity index (χ0v) is 13.9. The van der Waals surface area contributed by atoms with E-state index in [1.165, 1.54) is 25.3 Å². The van der Waals surface area contributed by atoms with Crippen molar-refractivity contribution in [2.45, 2.75) is 27.2 Å². The molecule has 0 spiro atoms. The maximum atomic E-state index is 11.9. The zero-order valence-electron chi connectivity index (χ0n) is 13.9. The molecule has 0 aliphatic rings. The van der Waals surface area contributed by atoms with Crippen LogP contribution < -0.4 is 4.74 Å². The Bertz CT molecular complexity index is 637. The molecule has 0 aliphatic heterocycles. The largest absolute Gasteiger partial charge is 0.504 e. The van der Waals surface area contributed by atoms with E-state index in [1.54, 1.807) is 12.2 Å². The fourth-order valence-electron chi connectivity index (χ4n) is 1.87. The summed E-state index contributed by atoms with van der Waals surface area (Å²) in [5.74, 6) is -0.340. The van der Waals surface area contributed by atoms with Gasteiger partial charge in [-0.3, -0.25) is 4.79 Å². The summed E-state index contributed by atoms with van der Waals surface area (Å²) in [6, 6.07) is 4.23. The minimum absolute atomic E-state index is 0.0216. The van der Waals surface area contributed by atoms with Gasteiger partial charge >= 0.3 is 5.97 Å². The number of ether oxygens (including phenoxy) is 2. The molecular weight excluding hydrogens is 296 g/mol. The monoisotopic (exact) mass is 318 g/mol. The van der Waals surface area contributed by atoms with E-state index in [4.69, 9.17) is 9.47 Å². The van der Waals surface area contributed by atoms with Crippen LogP contribution in [0.4, 0.5) is 0 Å². The summed E-state index contributed by atoms with van der Waals surface area (Å²) in [6.07, 6.45) is 3.59. The smallest absolute Gasteiger partial charge is 0.338 e. The molecule has 1 aromatic rings. The van der Waals surface area contributed by atoms with Gasteiger partial charge in [0.15, 0.2) is 17.3 Å². The van der Waals surface area contributed by atoms with Crippen molar-refractivity contribution in [2.75, 3.05) is 13.7 Å². The highest BCUT2D eigenvalue weighted by Gasteiger charge is 2.10. The van der Waals surface area contributed by atoms with Crippen LogP contribution in [0.15, 0.2) is 41.5 Å². The van der Waals surface area contributed by atoms with Crippen molar-refractivity contribution >= 4 is 11.8 Å². The molecule has 1 rings (SSSR count). The zero-order chi connectivity index (χ0) is 17.4. The number of phenolic OH excluding ortho intramolecular Hbond substituents is 1. The number of ketones is 1. The van der Waals surface area contributed by atoms with Gasteiger partial charge in [-0.15, -0.1) is 0 Å². The SMILES string of the molecule is COc1cc(C(=O)OC/C=C(\C)CC(=O)C=C(C)C)ccc1O. The maximum Gasteiger partial charge on any atom is 0.338 e. The average molecular weight is 318 g/mol. The molecule has 5 nitrogen and oxygen atoms in total. The van der Waals surface area contributed by atoms with Crippen LogP contribution in [-0.4, -0.2) is 30.6 Å². The highest BCUT2D eigenvalue weighted by Crippen LogP contribution is 2.26. The summed E-state index contributed by atoms with van der Waals surface area (Å²) in [6.45, 7) is 5.62. The number of phenols is 1. The quantitative estimate of drug-likeness (QED) is 0.474. The summed E-state index contributed by atoms with van der Waals surface area (Å²) < 4.78 is 10.1. The Kier molecular flexibility index (Phi) is 7.06. The number of carbonyl (C=O) groups is 2. The number of hydrogen-bond acceptors (Lipinski definition) is 5. The van der Waals surface area contributed by atoms with Crippen LogP contribution in [0.25, 0.3) is 0 Å². The van der Waals surface area contributed by atoms with Crippen LogP contribution in [-0.2, 0) is 9.53 Å². The lowest BCUT2D eigenvalue weighted by Crippen LogP contribution is -2.06. The predicted molar refractivity (Wildman–Crippen MR) is 87.8 cm³/mol. The van der Waals surface area contributed by atoms with E-state index in [2.05, 4.69) is 0 Å². The standard InChI is InChI=1S/C18H22O5/c1-12(2)9-15(19)10-13(3)7-8-23-18(21)14-5-6-16(20)17(11-14)22-4/h5-7,9,11,20H,8,10H2,1-4H3/b13-7+. The fourth-order valence-corrected chi connectivity index (χ4v) is 1.87. The van der Waals surface area contributed by atoms with Gasteiger partial charge in [-0.2, -0.15) is 0 Å². The number of aromatic hydroxyl groups is 1. The molecule has 0 radical (unpaired) electrons. The van der Waals surface area contributed by atoms with Gasteiger partial charge in [0.1, 0.15) is 6.61 Å². The molecule has 1 aromatic carbocycles. The summed E-state index contributed by atoms with van der Waals surface area (Å²) in [7, 11) is 1.40. The Morgan fingerprint density at radius 3 is 2.52 bits per heavy atom. The van der Waals surface area contributed by atoms with E-state index in [9.17, 15) is 14.7 Å². The van der Waals surface area contributed by atoms with Crippen molar-refractivity contribution in [1.82, 2.24) is 0 Å². The summed E-state index contributed by atoms with van der Waals surface area (Å²) in [4.78, 5) is 23.5. The highest BCUT2D eigenvalue weighted by atomic mass is 16.5. The summed E-state index contributed by atoms with van der Waals surface area (Å²) >= 11 is 0. The normalized spacial score (nSPS) is 10.9. The van der Waals surface area contributed by atoms with E-state index in [-0.39, 0.29) is 29.5 Å². The number of methoxy groups -OCH3 is 1. The van der Waals surface area contributed by atoms with Gasteiger partial charge < -0.3 is 14.6 Å². The Balaban J connectivity index is 2.57. The molecule has 0 saturated heterocycles. The number of rotatable bonds is 7. The van der Waals surface area contributed by atoms with Crippen molar-refractivity contribution in [1.29, 1.82) is 0 Å². The van der Waals surface area contributed by atoms with Crippen molar-refractivity contribution in [3.05, 3.63) is 47.1 Å². The second-order valence-electron chi connectivity index (χ2n) is 5.40. The van der Waals surface area contributed by atoms with Gasteiger partial charge in [-0.25, -0.2) is 4.79 Å². The topological polar surface area (TPSA) is 72.8 Å². The lowest BCUT2D eigenvalue weighted by atomic mass is 10.1. The second kappa shape index (κ2) is 8.78. The molecular formula is C18H22O5. The highest BCUT2D eigenvalue weighted by molar-refractivity contribution is 5.92. The minimum atomic E-state index is -0.525. The molecule has 5 heteroatoms. The van der Waals surface area contributed by atoms with Gasteiger partial charge in [-0.05, 0) is 51.1 Å². The molecule has 0 saturated carbocycles. The maximum absolute atomic E-state index is 11.9. The predicted octanol–water partition coefficient (Wildman–Crippen LogP) is 3.43. The minimum Gasteiger partial charge on any atom is -0.504 e. The van der Waals surface area contributed by atoms with Gasteiger partial charge in [0, 0.05) is 6.42 Å². The molecule has 0 amide bonds. The molecule has 0 unspecified atom stereocenters. The first kappa shape index (κ1) is 18.5. The van der Waals surface area contributed by atoms with Crippen LogP contribution >= 0.6 is 0 Å². The van der Waals surface area contributed by atoms with Gasteiger partial charge in [-0.1, -0.05) is 11.1 Å². The van der Waals surface area contributed by atoms with E-state index < -0.39 is 5.97 Å². The first-order valence-corrected chi connectivity index (χ1v) is 7.21. The molecule has 1 N–H and O–H groups in total. The van der Waals surface area contributed by atoms with Crippen LogP contribution in [0, 0.1) is 0 Å². The third kappa shape index (κ3) is 6.38. The summed E-state index contributed by atoms with van der Waals surface area (Å²) in [5.41, 5.74) is 2.07. The van der Waals surface area contributed by atoms with Gasteiger partial charge in [0.25, 0.3) is 0 Å². The first-order chi connectivity index (χ1) is 10.8. The van der Waals surface area contributed by atoms with Crippen molar-refractivity contribution in [3.63, 3.8) is 0 Å². The third-order valence-electron chi connectivity index (χ3n) is 2.96. The van der Waals surface area contributed by atoms with Crippen molar-refractivity contribution < 1.29 is 24.2 Å². The molecule has 124 valence electrons. The third-order valence-corrected chi connectivity index (χ3v) is 2.96. The lowest BCUT2D eigenvalue weighted by Gasteiger charge is -2.06. The van der Waals surface area contributed by atoms with Crippen LogP contribution in [0.2, 0.25) is 0 Å². The number of carbonyl (C=O) groups excluding carboxylic acids is 2. The van der Waals surface area contributed by atoms with E-state index in [1.807, 2.05) is 20.8 Å².